The predicted octanol–water partition coefficient (Wildman–Crippen LogP) is 1.53. The molecule has 90 valence electrons. The van der Waals surface area contributed by atoms with Crippen molar-refractivity contribution in [3.8, 4) is 0 Å². The number of nitrogens with one attached hydrogen (secondary N) is 1. The third-order valence-corrected chi connectivity index (χ3v) is 3.36. The van der Waals surface area contributed by atoms with Gasteiger partial charge in [0, 0.05) is 10.6 Å². The van der Waals surface area contributed by atoms with Crippen molar-refractivity contribution in [3.63, 3.8) is 0 Å². The molecule has 1 aromatic carbocycles. The minimum atomic E-state index is -0.370. The molecule has 0 spiro atoms. The summed E-state index contributed by atoms with van der Waals surface area (Å²) in [6.07, 6.45) is 0. The zero-order valence-electron chi connectivity index (χ0n) is 9.57. The molecule has 3 N–H and O–H groups in total. The van der Waals surface area contributed by atoms with Crippen LogP contribution in [0.25, 0.3) is 11.0 Å². The molecule has 0 saturated carbocycles. The van der Waals surface area contributed by atoms with Crippen LogP contribution in [0.3, 0.4) is 0 Å². The van der Waals surface area contributed by atoms with E-state index in [4.69, 9.17) is 5.73 Å². The lowest BCUT2D eigenvalue weighted by atomic mass is 10.2. The molecule has 1 heterocycles. The molecule has 1 amide bonds. The Labute approximate surface area is 113 Å². The fourth-order valence-electron chi connectivity index (χ4n) is 1.82. The highest BCUT2D eigenvalue weighted by molar-refractivity contribution is 14.1. The first kappa shape index (κ1) is 12.2. The molecule has 0 bridgehead atoms. The Morgan fingerprint density at radius 3 is 2.94 bits per heavy atom. The first-order valence-corrected chi connectivity index (χ1v) is 6.27. The molecule has 0 fully saturated rings. The number of anilines is 1. The number of amides is 1. The molecule has 2 rings (SSSR count). The van der Waals surface area contributed by atoms with Crippen LogP contribution in [0.1, 0.15) is 13.0 Å². The number of carbonyl (C=O) groups is 1. The molecule has 5 nitrogen and oxygen atoms in total. The maximum atomic E-state index is 11.7. The second-order valence-corrected chi connectivity index (χ2v) is 5.01. The van der Waals surface area contributed by atoms with Gasteiger partial charge in [0.05, 0.1) is 11.0 Å². The summed E-state index contributed by atoms with van der Waals surface area (Å²) < 4.78 is 2.83. The Morgan fingerprint density at radius 1 is 1.59 bits per heavy atom. The zero-order valence-corrected chi connectivity index (χ0v) is 11.7. The Hall–Kier alpha value is -1.31. The van der Waals surface area contributed by atoms with Crippen molar-refractivity contribution in [2.45, 2.75) is 13.0 Å². The summed E-state index contributed by atoms with van der Waals surface area (Å²) >= 11 is 2.22. The van der Waals surface area contributed by atoms with Gasteiger partial charge in [-0.3, -0.25) is 9.36 Å². The molecule has 1 aromatic heterocycles. The number of fused-ring (bicyclic) bond motifs is 1. The van der Waals surface area contributed by atoms with Crippen LogP contribution < -0.4 is 11.1 Å². The first-order valence-electron chi connectivity index (χ1n) is 5.19. The van der Waals surface area contributed by atoms with Crippen molar-refractivity contribution < 1.29 is 4.79 Å². The van der Waals surface area contributed by atoms with Gasteiger partial charge in [-0.05, 0) is 47.7 Å². The van der Waals surface area contributed by atoms with Crippen LogP contribution in [0.15, 0.2) is 18.2 Å². The van der Waals surface area contributed by atoms with Gasteiger partial charge in [-0.25, -0.2) is 4.98 Å². The summed E-state index contributed by atoms with van der Waals surface area (Å²) in [5.41, 5.74) is 7.55. The second-order valence-electron chi connectivity index (χ2n) is 3.76. The largest absolute Gasteiger partial charge is 0.369 e. The van der Waals surface area contributed by atoms with E-state index in [1.54, 1.807) is 18.5 Å². The third kappa shape index (κ3) is 2.08. The number of likely N-dealkylation sites (N-methyl/N-ethyl adjacent to an activating group) is 1. The van der Waals surface area contributed by atoms with Crippen molar-refractivity contribution in [2.75, 3.05) is 12.8 Å². The van der Waals surface area contributed by atoms with E-state index in [0.29, 0.717) is 5.95 Å². The van der Waals surface area contributed by atoms with Crippen LogP contribution in [0.2, 0.25) is 0 Å². The van der Waals surface area contributed by atoms with E-state index in [-0.39, 0.29) is 11.9 Å². The topological polar surface area (TPSA) is 72.9 Å². The minimum absolute atomic E-state index is 0.0884. The van der Waals surface area contributed by atoms with E-state index in [9.17, 15) is 4.79 Å². The summed E-state index contributed by atoms with van der Waals surface area (Å²) in [5, 5.41) is 2.61. The molecular weight excluding hydrogens is 331 g/mol. The van der Waals surface area contributed by atoms with Crippen molar-refractivity contribution in [1.29, 1.82) is 0 Å². The first-order chi connectivity index (χ1) is 8.04. The second kappa shape index (κ2) is 4.52. The molecule has 0 aliphatic carbocycles. The summed E-state index contributed by atoms with van der Waals surface area (Å²) in [6.45, 7) is 1.80. The number of benzene rings is 1. The summed E-state index contributed by atoms with van der Waals surface area (Å²) in [4.78, 5) is 15.9. The number of rotatable bonds is 2. The van der Waals surface area contributed by atoms with Gasteiger partial charge in [0.25, 0.3) is 0 Å². The van der Waals surface area contributed by atoms with Gasteiger partial charge in [0.2, 0.25) is 11.9 Å². The third-order valence-electron chi connectivity index (χ3n) is 2.69. The SMILES string of the molecule is CNC(=O)C(C)n1c(N)nc2cc(I)ccc21. The molecule has 0 saturated heterocycles. The summed E-state index contributed by atoms with van der Waals surface area (Å²) in [5.74, 6) is 0.271. The molecule has 0 aliphatic rings. The summed E-state index contributed by atoms with van der Waals surface area (Å²) in [6, 6.07) is 5.47. The standard InChI is InChI=1S/C11H13IN4O/c1-6(10(17)14-2)16-9-4-3-7(12)5-8(9)15-11(16)13/h3-6H,1-2H3,(H2,13,15)(H,14,17). The highest BCUT2D eigenvalue weighted by Crippen LogP contribution is 2.24. The monoisotopic (exact) mass is 344 g/mol. The van der Waals surface area contributed by atoms with E-state index in [2.05, 4.69) is 32.9 Å². The number of nitrogen functional groups attached to an aromatic ring is 1. The predicted molar refractivity (Wildman–Crippen MR) is 75.6 cm³/mol. The number of hydrogen-bond acceptors (Lipinski definition) is 3. The van der Waals surface area contributed by atoms with E-state index < -0.39 is 0 Å². The Morgan fingerprint density at radius 2 is 2.29 bits per heavy atom. The number of halogens is 1. The average molecular weight is 344 g/mol. The van der Waals surface area contributed by atoms with E-state index >= 15 is 0 Å². The van der Waals surface area contributed by atoms with Crippen LogP contribution in [-0.4, -0.2) is 22.5 Å². The maximum absolute atomic E-state index is 11.7. The van der Waals surface area contributed by atoms with Gasteiger partial charge in [-0.2, -0.15) is 0 Å². The zero-order chi connectivity index (χ0) is 12.6. The number of aromatic nitrogens is 2. The van der Waals surface area contributed by atoms with Crippen LogP contribution in [0.5, 0.6) is 0 Å². The van der Waals surface area contributed by atoms with Gasteiger partial charge >= 0.3 is 0 Å². The smallest absolute Gasteiger partial charge is 0.242 e. The van der Waals surface area contributed by atoms with E-state index in [0.717, 1.165) is 14.6 Å². The molecule has 0 radical (unpaired) electrons. The maximum Gasteiger partial charge on any atom is 0.242 e. The van der Waals surface area contributed by atoms with Gasteiger partial charge in [-0.1, -0.05) is 0 Å². The average Bonchev–Trinajstić information content (AvgIpc) is 2.62. The number of nitrogens with zero attached hydrogens (tertiary/aromatic N) is 2. The van der Waals surface area contributed by atoms with Crippen LogP contribution in [0.4, 0.5) is 5.95 Å². The van der Waals surface area contributed by atoms with Gasteiger partial charge in [-0.15, -0.1) is 0 Å². The lowest BCUT2D eigenvalue weighted by Crippen LogP contribution is -2.28. The van der Waals surface area contributed by atoms with Gasteiger partial charge < -0.3 is 11.1 Å². The van der Waals surface area contributed by atoms with Crippen LogP contribution in [-0.2, 0) is 4.79 Å². The lowest BCUT2D eigenvalue weighted by Gasteiger charge is -2.14. The fourth-order valence-corrected chi connectivity index (χ4v) is 2.30. The van der Waals surface area contributed by atoms with Gasteiger partial charge in [0.1, 0.15) is 6.04 Å². The number of nitrogens with two attached hydrogens (primary N) is 1. The van der Waals surface area contributed by atoms with Crippen LogP contribution in [0, 0.1) is 3.57 Å². The van der Waals surface area contributed by atoms with Crippen molar-refractivity contribution in [2.24, 2.45) is 0 Å². The normalized spacial score (nSPS) is 12.6. The molecule has 1 atom stereocenters. The van der Waals surface area contributed by atoms with Gasteiger partial charge in [0.15, 0.2) is 0 Å². The lowest BCUT2D eigenvalue weighted by molar-refractivity contribution is -0.123. The molecule has 1 unspecified atom stereocenters. The Kier molecular flexibility index (Phi) is 3.23. The molecular formula is C11H13IN4O. The highest BCUT2D eigenvalue weighted by atomic mass is 127. The van der Waals surface area contributed by atoms with Crippen molar-refractivity contribution in [1.82, 2.24) is 14.9 Å². The fraction of sp³-hybridized carbons (Fsp3) is 0.273. The summed E-state index contributed by atoms with van der Waals surface area (Å²) in [7, 11) is 1.61. The number of carbonyl (C=O) groups excluding carboxylic acids is 1. The van der Waals surface area contributed by atoms with Crippen molar-refractivity contribution >= 4 is 45.5 Å². The minimum Gasteiger partial charge on any atom is -0.369 e. The molecule has 0 aliphatic heterocycles. The quantitative estimate of drug-likeness (QED) is 0.812. The Bertz CT molecular complexity index is 578. The number of imidazole rings is 1. The highest BCUT2D eigenvalue weighted by Gasteiger charge is 2.19. The molecule has 6 heteroatoms. The molecule has 17 heavy (non-hydrogen) atoms. The van der Waals surface area contributed by atoms with Crippen LogP contribution >= 0.6 is 22.6 Å². The van der Waals surface area contributed by atoms with Crippen molar-refractivity contribution in [3.05, 3.63) is 21.8 Å². The van der Waals surface area contributed by atoms with E-state index in [1.165, 1.54) is 0 Å². The molecule has 2 aromatic rings. The Balaban J connectivity index is 2.61. The number of hydrogen-bond donors (Lipinski definition) is 2. The van der Waals surface area contributed by atoms with E-state index in [1.807, 2.05) is 18.2 Å².